The van der Waals surface area contributed by atoms with Crippen LogP contribution in [0.5, 0.6) is 11.5 Å². The molecular formula is C22H15BrN2O4S. The predicted molar refractivity (Wildman–Crippen MR) is 118 cm³/mol. The highest BCUT2D eigenvalue weighted by molar-refractivity contribution is 9.10. The summed E-state index contributed by atoms with van der Waals surface area (Å²) in [6.45, 7) is 0.0409. The molecule has 1 aliphatic rings. The smallest absolute Gasteiger partial charge is 0.293 e. The lowest BCUT2D eigenvalue weighted by atomic mass is 10.1. The number of benzene rings is 2. The maximum atomic E-state index is 12.9. The zero-order valence-electron chi connectivity index (χ0n) is 15.8. The number of nitrogens with zero attached hydrogens (tertiary/aromatic N) is 2. The molecule has 2 aromatic rings. The van der Waals surface area contributed by atoms with E-state index < -0.39 is 11.1 Å². The van der Waals surface area contributed by atoms with Gasteiger partial charge in [-0.15, -0.1) is 6.42 Å². The maximum Gasteiger partial charge on any atom is 0.293 e. The number of thioether (sulfide) groups is 1. The number of amides is 2. The van der Waals surface area contributed by atoms with Crippen LogP contribution in [0.25, 0.3) is 6.08 Å². The first-order valence-electron chi connectivity index (χ1n) is 8.65. The number of rotatable bonds is 6. The van der Waals surface area contributed by atoms with E-state index in [1.54, 1.807) is 42.5 Å². The van der Waals surface area contributed by atoms with E-state index in [9.17, 15) is 14.9 Å². The number of carbonyl (C=O) groups is 2. The highest BCUT2D eigenvalue weighted by Crippen LogP contribution is 2.39. The highest BCUT2D eigenvalue weighted by atomic mass is 79.9. The molecule has 0 aliphatic carbocycles. The Hall–Kier alpha value is -3.20. The summed E-state index contributed by atoms with van der Waals surface area (Å²) < 4.78 is 11.7. The molecular weight excluding hydrogens is 468 g/mol. The molecule has 30 heavy (non-hydrogen) atoms. The van der Waals surface area contributed by atoms with Crippen LogP contribution in [0, 0.1) is 23.7 Å². The van der Waals surface area contributed by atoms with Crippen LogP contribution in [0.15, 0.2) is 45.8 Å². The van der Waals surface area contributed by atoms with E-state index >= 15 is 0 Å². The number of methoxy groups -OCH3 is 1. The van der Waals surface area contributed by atoms with Gasteiger partial charge in [0.2, 0.25) is 0 Å². The molecule has 3 rings (SSSR count). The minimum atomic E-state index is -0.445. The van der Waals surface area contributed by atoms with Crippen molar-refractivity contribution in [2.75, 3.05) is 13.7 Å². The van der Waals surface area contributed by atoms with E-state index in [4.69, 9.17) is 15.9 Å². The van der Waals surface area contributed by atoms with Gasteiger partial charge in [-0.05, 0) is 41.6 Å². The Morgan fingerprint density at radius 2 is 2.07 bits per heavy atom. The second-order valence-corrected chi connectivity index (χ2v) is 7.96. The molecule has 1 saturated heterocycles. The number of halogens is 1. The Morgan fingerprint density at radius 3 is 2.77 bits per heavy atom. The van der Waals surface area contributed by atoms with Crippen molar-refractivity contribution in [3.05, 3.63) is 62.5 Å². The summed E-state index contributed by atoms with van der Waals surface area (Å²) in [4.78, 5) is 26.7. The first-order valence-corrected chi connectivity index (χ1v) is 10.3. The molecule has 0 radical (unpaired) electrons. The maximum absolute atomic E-state index is 12.9. The van der Waals surface area contributed by atoms with Crippen molar-refractivity contribution in [3.63, 3.8) is 0 Å². The first kappa shape index (κ1) is 21.5. The zero-order chi connectivity index (χ0) is 21.7. The third kappa shape index (κ3) is 4.51. The second kappa shape index (κ2) is 9.53. The summed E-state index contributed by atoms with van der Waals surface area (Å²) in [7, 11) is 1.49. The fraction of sp³-hybridized carbons (Fsp3) is 0.136. The van der Waals surface area contributed by atoms with Crippen LogP contribution in [0.4, 0.5) is 4.79 Å². The molecule has 1 fully saturated rings. The standard InChI is InChI=1S/C22H15BrN2O4S/c1-3-8-29-20-16(9-17(23)11-18(20)28-2)10-19-21(26)25(22(27)30-19)13-15-7-5-4-6-14(15)12-24/h1,4-7,9-11H,8,13H2,2H3/b19-10+. The molecule has 6 nitrogen and oxygen atoms in total. The molecule has 1 heterocycles. The summed E-state index contributed by atoms with van der Waals surface area (Å²) in [6, 6.07) is 12.4. The van der Waals surface area contributed by atoms with Crippen molar-refractivity contribution in [1.29, 1.82) is 5.26 Å². The normalized spacial score (nSPS) is 14.5. The van der Waals surface area contributed by atoms with Crippen LogP contribution in [0.1, 0.15) is 16.7 Å². The van der Waals surface area contributed by atoms with Crippen LogP contribution in [0.3, 0.4) is 0 Å². The molecule has 0 N–H and O–H groups in total. The van der Waals surface area contributed by atoms with Gasteiger partial charge in [-0.25, -0.2) is 0 Å². The van der Waals surface area contributed by atoms with Gasteiger partial charge in [0.05, 0.1) is 30.2 Å². The van der Waals surface area contributed by atoms with E-state index in [2.05, 4.69) is 27.9 Å². The summed E-state index contributed by atoms with van der Waals surface area (Å²) in [5.74, 6) is 2.76. The van der Waals surface area contributed by atoms with Gasteiger partial charge in [0.1, 0.15) is 6.61 Å². The summed E-state index contributed by atoms with van der Waals surface area (Å²) in [5, 5.41) is 8.84. The summed E-state index contributed by atoms with van der Waals surface area (Å²) in [6.07, 6.45) is 6.86. The molecule has 2 amide bonds. The second-order valence-electron chi connectivity index (χ2n) is 6.06. The molecule has 0 atom stereocenters. The van der Waals surface area contributed by atoms with Gasteiger partial charge in [-0.3, -0.25) is 14.5 Å². The monoisotopic (exact) mass is 482 g/mol. The van der Waals surface area contributed by atoms with Crippen LogP contribution in [-0.2, 0) is 11.3 Å². The van der Waals surface area contributed by atoms with E-state index in [0.717, 1.165) is 16.7 Å². The number of imide groups is 1. The zero-order valence-corrected chi connectivity index (χ0v) is 18.2. The van der Waals surface area contributed by atoms with Gasteiger partial charge in [0.15, 0.2) is 11.5 Å². The van der Waals surface area contributed by atoms with E-state index in [1.165, 1.54) is 7.11 Å². The first-order chi connectivity index (χ1) is 14.5. The summed E-state index contributed by atoms with van der Waals surface area (Å²) in [5.41, 5.74) is 1.56. The predicted octanol–water partition coefficient (Wildman–Crippen LogP) is 4.58. The Balaban J connectivity index is 1.95. The van der Waals surface area contributed by atoms with E-state index in [0.29, 0.717) is 32.7 Å². The Kier molecular flexibility index (Phi) is 6.83. The summed E-state index contributed by atoms with van der Waals surface area (Å²) >= 11 is 4.22. The minimum absolute atomic E-state index is 0.0191. The van der Waals surface area contributed by atoms with Crippen molar-refractivity contribution >= 4 is 44.9 Å². The van der Waals surface area contributed by atoms with Crippen LogP contribution >= 0.6 is 27.7 Å². The molecule has 0 saturated carbocycles. The third-order valence-corrected chi connectivity index (χ3v) is 5.56. The van der Waals surface area contributed by atoms with E-state index in [1.807, 2.05) is 0 Å². The van der Waals surface area contributed by atoms with E-state index in [-0.39, 0.29) is 18.1 Å². The van der Waals surface area contributed by atoms with Crippen molar-refractivity contribution < 1.29 is 19.1 Å². The number of hydrogen-bond donors (Lipinski definition) is 0. The number of carbonyl (C=O) groups excluding carboxylic acids is 2. The number of ether oxygens (including phenoxy) is 2. The lowest BCUT2D eigenvalue weighted by molar-refractivity contribution is -0.123. The Labute approximate surface area is 186 Å². The molecule has 2 aromatic carbocycles. The molecule has 0 unspecified atom stereocenters. The third-order valence-electron chi connectivity index (χ3n) is 4.19. The number of hydrogen-bond acceptors (Lipinski definition) is 6. The van der Waals surface area contributed by atoms with Crippen LogP contribution < -0.4 is 9.47 Å². The van der Waals surface area contributed by atoms with Gasteiger partial charge in [0.25, 0.3) is 11.1 Å². The van der Waals surface area contributed by atoms with Gasteiger partial charge >= 0.3 is 0 Å². The van der Waals surface area contributed by atoms with Gasteiger partial charge in [-0.1, -0.05) is 40.0 Å². The van der Waals surface area contributed by atoms with Crippen molar-refractivity contribution in [2.24, 2.45) is 0 Å². The van der Waals surface area contributed by atoms with Gasteiger partial charge in [-0.2, -0.15) is 5.26 Å². The SMILES string of the molecule is C#CCOc1c(/C=C2/SC(=O)N(Cc3ccccc3C#N)C2=O)cc(Br)cc1OC. The fourth-order valence-electron chi connectivity index (χ4n) is 2.83. The van der Waals surface area contributed by atoms with Crippen molar-refractivity contribution in [2.45, 2.75) is 6.54 Å². The minimum Gasteiger partial charge on any atom is -0.493 e. The topological polar surface area (TPSA) is 79.6 Å². The van der Waals surface area contributed by atoms with Gasteiger partial charge in [0, 0.05) is 10.0 Å². The largest absolute Gasteiger partial charge is 0.493 e. The van der Waals surface area contributed by atoms with Crippen LogP contribution in [-0.4, -0.2) is 29.8 Å². The van der Waals surface area contributed by atoms with Crippen LogP contribution in [0.2, 0.25) is 0 Å². The van der Waals surface area contributed by atoms with Crippen molar-refractivity contribution in [3.8, 4) is 29.9 Å². The van der Waals surface area contributed by atoms with Gasteiger partial charge < -0.3 is 9.47 Å². The molecule has 0 aromatic heterocycles. The average Bonchev–Trinajstić information content (AvgIpc) is 3.00. The van der Waals surface area contributed by atoms with Crippen molar-refractivity contribution in [1.82, 2.24) is 4.90 Å². The Bertz CT molecular complexity index is 1130. The molecule has 150 valence electrons. The average molecular weight is 483 g/mol. The molecule has 0 bridgehead atoms. The number of terminal acetylenes is 1. The Morgan fingerprint density at radius 1 is 1.30 bits per heavy atom. The lowest BCUT2D eigenvalue weighted by Gasteiger charge is -2.14. The molecule has 8 heteroatoms. The quantitative estimate of drug-likeness (QED) is 0.442. The highest BCUT2D eigenvalue weighted by Gasteiger charge is 2.35. The number of nitriles is 1. The lowest BCUT2D eigenvalue weighted by Crippen LogP contribution is -2.27. The molecule has 0 spiro atoms. The molecule has 1 aliphatic heterocycles. The fourth-order valence-corrected chi connectivity index (χ4v) is 4.11.